The Labute approximate surface area is 203 Å². The summed E-state index contributed by atoms with van der Waals surface area (Å²) in [5.41, 5.74) is 6.77. The summed E-state index contributed by atoms with van der Waals surface area (Å²) < 4.78 is 0. The number of aromatic hydroxyl groups is 2. The number of benzene rings is 3. The van der Waals surface area contributed by atoms with Crippen molar-refractivity contribution in [2.75, 3.05) is 0 Å². The number of phenolic OH excluding ortho intramolecular Hbond substituents is 2. The zero-order valence-electron chi connectivity index (χ0n) is 21.6. The highest BCUT2D eigenvalue weighted by molar-refractivity contribution is 5.88. The van der Waals surface area contributed by atoms with Crippen LogP contribution in [0.15, 0.2) is 58.5 Å². The number of aryl methyl sites for hydroxylation is 2. The van der Waals surface area contributed by atoms with Crippen molar-refractivity contribution in [3.05, 3.63) is 81.9 Å². The second-order valence-corrected chi connectivity index (χ2v) is 11.0. The molecule has 178 valence electrons. The van der Waals surface area contributed by atoms with Crippen LogP contribution in [0.25, 0.3) is 0 Å². The minimum Gasteiger partial charge on any atom is -0.507 e. The van der Waals surface area contributed by atoms with E-state index in [0.717, 1.165) is 33.6 Å². The lowest BCUT2D eigenvalue weighted by molar-refractivity contribution is 0.468. The molecule has 34 heavy (non-hydrogen) atoms. The topological polar surface area (TPSA) is 65.2 Å². The van der Waals surface area contributed by atoms with Crippen LogP contribution in [0.1, 0.15) is 74.9 Å². The van der Waals surface area contributed by atoms with Crippen LogP contribution in [0.4, 0.5) is 11.4 Å². The molecule has 0 fully saturated rings. The van der Waals surface area contributed by atoms with Crippen LogP contribution in [0.2, 0.25) is 0 Å². The summed E-state index contributed by atoms with van der Waals surface area (Å²) >= 11 is 0. The van der Waals surface area contributed by atoms with Crippen LogP contribution < -0.4 is 0 Å². The minimum absolute atomic E-state index is 0.0239. The van der Waals surface area contributed by atoms with E-state index in [1.807, 2.05) is 62.4 Å². The maximum absolute atomic E-state index is 10.5. The molecule has 0 radical (unpaired) electrons. The monoisotopic (exact) mass is 456 g/mol. The number of phenols is 2. The van der Waals surface area contributed by atoms with Crippen LogP contribution in [0.3, 0.4) is 0 Å². The molecule has 0 aliphatic rings. The van der Waals surface area contributed by atoms with Crippen molar-refractivity contribution in [3.8, 4) is 11.5 Å². The molecule has 0 aromatic heterocycles. The molecule has 0 saturated heterocycles. The summed E-state index contributed by atoms with van der Waals surface area (Å²) in [6.07, 6.45) is 3.39. The van der Waals surface area contributed by atoms with Crippen LogP contribution in [0, 0.1) is 13.8 Å². The van der Waals surface area contributed by atoms with Crippen molar-refractivity contribution in [3.63, 3.8) is 0 Å². The van der Waals surface area contributed by atoms with Gasteiger partial charge in [-0.05, 0) is 77.3 Å². The number of hydrogen-bond acceptors (Lipinski definition) is 4. The van der Waals surface area contributed by atoms with Gasteiger partial charge in [0.2, 0.25) is 0 Å². The third kappa shape index (κ3) is 5.93. The largest absolute Gasteiger partial charge is 0.507 e. The van der Waals surface area contributed by atoms with Gasteiger partial charge in [0.1, 0.15) is 11.5 Å². The molecular formula is C30H36N2O2. The first-order chi connectivity index (χ1) is 15.8. The smallest absolute Gasteiger partial charge is 0.127 e. The van der Waals surface area contributed by atoms with E-state index in [9.17, 15) is 10.2 Å². The van der Waals surface area contributed by atoms with Crippen molar-refractivity contribution in [1.82, 2.24) is 0 Å². The number of nitrogens with zero attached hydrogens (tertiary/aromatic N) is 2. The molecule has 0 aliphatic heterocycles. The lowest BCUT2D eigenvalue weighted by Gasteiger charge is -2.21. The molecule has 0 atom stereocenters. The van der Waals surface area contributed by atoms with Crippen LogP contribution >= 0.6 is 0 Å². The fourth-order valence-corrected chi connectivity index (χ4v) is 3.62. The number of hydrogen-bond donors (Lipinski definition) is 2. The lowest BCUT2D eigenvalue weighted by Crippen LogP contribution is -2.12. The Bertz CT molecular complexity index is 1160. The Balaban J connectivity index is 1.90. The van der Waals surface area contributed by atoms with Crippen molar-refractivity contribution in [2.24, 2.45) is 9.98 Å². The first-order valence-electron chi connectivity index (χ1n) is 11.6. The average molecular weight is 457 g/mol. The van der Waals surface area contributed by atoms with Gasteiger partial charge in [0.15, 0.2) is 0 Å². The molecule has 0 heterocycles. The highest BCUT2D eigenvalue weighted by Crippen LogP contribution is 2.32. The molecule has 0 amide bonds. The summed E-state index contributed by atoms with van der Waals surface area (Å²) in [5, 5.41) is 21.0. The molecule has 2 N–H and O–H groups in total. The summed E-state index contributed by atoms with van der Waals surface area (Å²) in [4.78, 5) is 9.17. The van der Waals surface area contributed by atoms with Gasteiger partial charge < -0.3 is 10.2 Å². The fourth-order valence-electron chi connectivity index (χ4n) is 3.62. The summed E-state index contributed by atoms with van der Waals surface area (Å²) in [6, 6.07) is 15.6. The Morgan fingerprint density at radius 2 is 1.00 bits per heavy atom. The Kier molecular flexibility index (Phi) is 7.02. The third-order valence-electron chi connectivity index (χ3n) is 5.93. The zero-order valence-corrected chi connectivity index (χ0v) is 21.6. The summed E-state index contributed by atoms with van der Waals surface area (Å²) in [7, 11) is 0. The third-order valence-corrected chi connectivity index (χ3v) is 5.93. The molecule has 0 saturated carbocycles. The molecule has 4 nitrogen and oxygen atoms in total. The van der Waals surface area contributed by atoms with E-state index < -0.39 is 0 Å². The van der Waals surface area contributed by atoms with E-state index in [1.165, 1.54) is 0 Å². The number of aliphatic imine (C=N–C) groups is 2. The zero-order chi connectivity index (χ0) is 25.3. The standard InChI is InChI=1S/C30H36N2O2/c1-19-12-23(29(3,4)5)14-21(27(19)33)17-31-25-10-9-11-26(16-25)32-18-22-15-24(30(6,7)8)13-20(2)28(22)34/h9-18,33-34H,1-8H3. The van der Waals surface area contributed by atoms with Gasteiger partial charge in [0.05, 0.1) is 11.4 Å². The second-order valence-electron chi connectivity index (χ2n) is 11.0. The Hall–Kier alpha value is -3.40. The van der Waals surface area contributed by atoms with Gasteiger partial charge in [-0.25, -0.2) is 0 Å². The Morgan fingerprint density at radius 1 is 0.618 bits per heavy atom. The molecule has 0 bridgehead atoms. The van der Waals surface area contributed by atoms with E-state index in [-0.39, 0.29) is 22.3 Å². The van der Waals surface area contributed by atoms with Gasteiger partial charge in [-0.1, -0.05) is 59.7 Å². The van der Waals surface area contributed by atoms with Crippen molar-refractivity contribution < 1.29 is 10.2 Å². The summed E-state index contributed by atoms with van der Waals surface area (Å²) in [5.74, 6) is 0.492. The van der Waals surface area contributed by atoms with E-state index >= 15 is 0 Å². The van der Waals surface area contributed by atoms with E-state index in [2.05, 4.69) is 51.5 Å². The molecule has 3 aromatic rings. The first kappa shape index (κ1) is 25.2. The minimum atomic E-state index is -0.0239. The van der Waals surface area contributed by atoms with E-state index in [4.69, 9.17) is 0 Å². The lowest BCUT2D eigenvalue weighted by atomic mass is 9.85. The predicted molar refractivity (Wildman–Crippen MR) is 144 cm³/mol. The molecule has 0 aliphatic carbocycles. The quantitative estimate of drug-likeness (QED) is 0.393. The number of rotatable bonds is 4. The van der Waals surface area contributed by atoms with Gasteiger partial charge in [-0.2, -0.15) is 0 Å². The highest BCUT2D eigenvalue weighted by atomic mass is 16.3. The van der Waals surface area contributed by atoms with Crippen molar-refractivity contribution in [2.45, 2.75) is 66.2 Å². The second kappa shape index (κ2) is 9.46. The molecule has 0 spiro atoms. The van der Waals surface area contributed by atoms with Crippen molar-refractivity contribution >= 4 is 23.8 Å². The first-order valence-corrected chi connectivity index (χ1v) is 11.6. The van der Waals surface area contributed by atoms with Crippen LogP contribution in [-0.4, -0.2) is 22.6 Å². The maximum atomic E-state index is 10.5. The van der Waals surface area contributed by atoms with Gasteiger partial charge in [-0.15, -0.1) is 0 Å². The molecule has 3 rings (SSSR count). The SMILES string of the molecule is Cc1cc(C(C)(C)C)cc(C=Nc2cccc(N=Cc3cc(C(C)(C)C)cc(C)c3O)c2)c1O. The van der Waals surface area contributed by atoms with Crippen LogP contribution in [-0.2, 0) is 10.8 Å². The van der Waals surface area contributed by atoms with Gasteiger partial charge in [0, 0.05) is 23.6 Å². The predicted octanol–water partition coefficient (Wildman–Crippen LogP) is 7.81. The Morgan fingerprint density at radius 3 is 1.35 bits per heavy atom. The van der Waals surface area contributed by atoms with E-state index in [1.54, 1.807) is 12.4 Å². The van der Waals surface area contributed by atoms with Gasteiger partial charge in [-0.3, -0.25) is 9.98 Å². The van der Waals surface area contributed by atoms with Gasteiger partial charge in [0.25, 0.3) is 0 Å². The highest BCUT2D eigenvalue weighted by Gasteiger charge is 2.18. The van der Waals surface area contributed by atoms with Crippen molar-refractivity contribution in [1.29, 1.82) is 0 Å². The normalized spacial score (nSPS) is 12.7. The molecule has 3 aromatic carbocycles. The fraction of sp³-hybridized carbons (Fsp3) is 0.333. The van der Waals surface area contributed by atoms with Gasteiger partial charge >= 0.3 is 0 Å². The summed E-state index contributed by atoms with van der Waals surface area (Å²) in [6.45, 7) is 16.7. The molecular weight excluding hydrogens is 420 g/mol. The average Bonchev–Trinajstić information content (AvgIpc) is 2.74. The molecule has 0 unspecified atom stereocenters. The molecule has 4 heteroatoms. The van der Waals surface area contributed by atoms with Crippen LogP contribution in [0.5, 0.6) is 11.5 Å². The maximum Gasteiger partial charge on any atom is 0.127 e. The van der Waals surface area contributed by atoms with E-state index in [0.29, 0.717) is 11.1 Å².